The van der Waals surface area contributed by atoms with E-state index in [2.05, 4.69) is 84.6 Å². The molecule has 144 valence electrons. The van der Waals surface area contributed by atoms with Gasteiger partial charge in [-0.15, -0.1) is 0 Å². The molecule has 3 heteroatoms. The molecule has 0 aliphatic rings. The molecule has 0 aliphatic heterocycles. The van der Waals surface area contributed by atoms with Crippen LogP contribution in [0.25, 0.3) is 34.5 Å². The van der Waals surface area contributed by atoms with Crippen molar-refractivity contribution < 1.29 is 28.5 Å². The van der Waals surface area contributed by atoms with Crippen LogP contribution in [0.1, 0.15) is 11.1 Å². The Hall–Kier alpha value is -2.92. The largest absolute Gasteiger partial charge is 1.00 e. The standard InChI is InChI=1S/C26H22N2.HI/c1-28-19-25(21-8-4-2-5-9-21)23(15-12-20-13-16-24(27)17-14-20)18-26(28)22-10-6-3-7-11-22;/h2-19,27H,1H3;1H. The predicted octanol–water partition coefficient (Wildman–Crippen LogP) is 2.60. The first-order valence-corrected chi connectivity index (χ1v) is 9.39. The van der Waals surface area contributed by atoms with Gasteiger partial charge in [0, 0.05) is 17.3 Å². The maximum absolute atomic E-state index is 5.81. The third-order valence-electron chi connectivity index (χ3n) is 4.85. The summed E-state index contributed by atoms with van der Waals surface area (Å²) >= 11 is 0. The predicted molar refractivity (Wildman–Crippen MR) is 118 cm³/mol. The minimum atomic E-state index is 0. The van der Waals surface area contributed by atoms with Crippen LogP contribution in [-0.4, -0.2) is 0 Å². The van der Waals surface area contributed by atoms with Crippen LogP contribution in [0.4, 0.5) is 5.69 Å². The summed E-state index contributed by atoms with van der Waals surface area (Å²) in [7, 11) is 2.10. The molecule has 0 spiro atoms. The molecule has 0 unspecified atom stereocenters. The number of nitrogen functional groups attached to an aromatic ring is 1. The van der Waals surface area contributed by atoms with Gasteiger partial charge in [-0.25, -0.2) is 4.57 Å². The number of rotatable bonds is 4. The molecule has 3 aromatic carbocycles. The first kappa shape index (κ1) is 20.8. The quantitative estimate of drug-likeness (QED) is 0.266. The topological polar surface area (TPSA) is 29.9 Å². The lowest BCUT2D eigenvalue weighted by Gasteiger charge is -2.09. The Bertz CT molecular complexity index is 1100. The minimum absolute atomic E-state index is 0. The van der Waals surface area contributed by atoms with E-state index >= 15 is 0 Å². The maximum Gasteiger partial charge on any atom is 0.212 e. The van der Waals surface area contributed by atoms with Crippen molar-refractivity contribution in [3.8, 4) is 22.4 Å². The number of halogens is 1. The summed E-state index contributed by atoms with van der Waals surface area (Å²) in [4.78, 5) is 0. The van der Waals surface area contributed by atoms with E-state index in [1.165, 1.54) is 27.9 Å². The zero-order valence-corrected chi connectivity index (χ0v) is 18.5. The van der Waals surface area contributed by atoms with Crippen LogP contribution in [0.3, 0.4) is 0 Å². The lowest BCUT2D eigenvalue weighted by molar-refractivity contribution is -0.659. The highest BCUT2D eigenvalue weighted by molar-refractivity contribution is 5.81. The zero-order valence-electron chi connectivity index (χ0n) is 16.3. The Kier molecular flexibility index (Phi) is 6.83. The molecular weight excluding hydrogens is 467 g/mol. The molecule has 29 heavy (non-hydrogen) atoms. The number of aryl methyl sites for hydroxylation is 1. The van der Waals surface area contributed by atoms with Crippen molar-refractivity contribution in [2.24, 2.45) is 7.05 Å². The second-order valence-corrected chi connectivity index (χ2v) is 6.87. The van der Waals surface area contributed by atoms with E-state index in [0.29, 0.717) is 0 Å². The van der Waals surface area contributed by atoms with Gasteiger partial charge in [0.05, 0.1) is 5.56 Å². The van der Waals surface area contributed by atoms with E-state index in [-0.39, 0.29) is 24.0 Å². The van der Waals surface area contributed by atoms with Crippen molar-refractivity contribution in [2.75, 3.05) is 5.73 Å². The molecule has 0 atom stereocenters. The Morgan fingerprint density at radius 1 is 0.724 bits per heavy atom. The first-order valence-electron chi connectivity index (χ1n) is 9.39. The van der Waals surface area contributed by atoms with E-state index < -0.39 is 0 Å². The van der Waals surface area contributed by atoms with Crippen LogP contribution < -0.4 is 34.3 Å². The molecule has 1 aromatic heterocycles. The third-order valence-corrected chi connectivity index (χ3v) is 4.85. The van der Waals surface area contributed by atoms with Gasteiger partial charge in [0.25, 0.3) is 0 Å². The van der Waals surface area contributed by atoms with Crippen molar-refractivity contribution in [1.29, 1.82) is 0 Å². The fourth-order valence-corrected chi connectivity index (χ4v) is 3.35. The van der Waals surface area contributed by atoms with Gasteiger partial charge in [0.15, 0.2) is 6.20 Å². The molecule has 0 fully saturated rings. The highest BCUT2D eigenvalue weighted by atomic mass is 127. The zero-order chi connectivity index (χ0) is 19.3. The highest BCUT2D eigenvalue weighted by Crippen LogP contribution is 2.27. The smallest absolute Gasteiger partial charge is 0.212 e. The van der Waals surface area contributed by atoms with Gasteiger partial charge in [-0.05, 0) is 41.0 Å². The lowest BCUT2D eigenvalue weighted by atomic mass is 9.98. The molecule has 0 amide bonds. The number of pyridine rings is 1. The molecule has 0 bridgehead atoms. The van der Waals surface area contributed by atoms with Crippen molar-refractivity contribution in [3.63, 3.8) is 0 Å². The Morgan fingerprint density at radius 2 is 1.31 bits per heavy atom. The van der Waals surface area contributed by atoms with Crippen molar-refractivity contribution >= 4 is 17.8 Å². The number of nitrogens with zero attached hydrogens (tertiary/aromatic N) is 1. The summed E-state index contributed by atoms with van der Waals surface area (Å²) in [5.74, 6) is 0. The number of anilines is 1. The van der Waals surface area contributed by atoms with Crippen LogP contribution in [0.2, 0.25) is 0 Å². The van der Waals surface area contributed by atoms with E-state index in [1.54, 1.807) is 0 Å². The average molecular weight is 490 g/mol. The summed E-state index contributed by atoms with van der Waals surface area (Å²) < 4.78 is 2.19. The lowest BCUT2D eigenvalue weighted by Crippen LogP contribution is -3.00. The normalized spacial score (nSPS) is 10.7. The summed E-state index contributed by atoms with van der Waals surface area (Å²) in [6, 6.07) is 31.2. The monoisotopic (exact) mass is 490 g/mol. The molecule has 4 aromatic rings. The van der Waals surface area contributed by atoms with Crippen molar-refractivity contribution in [2.45, 2.75) is 0 Å². The van der Waals surface area contributed by atoms with Crippen LogP contribution >= 0.6 is 0 Å². The fraction of sp³-hybridized carbons (Fsp3) is 0.0385. The van der Waals surface area contributed by atoms with Gasteiger partial charge in [0.1, 0.15) is 7.05 Å². The summed E-state index contributed by atoms with van der Waals surface area (Å²) in [5, 5.41) is 0. The van der Waals surface area contributed by atoms with Crippen LogP contribution in [0, 0.1) is 0 Å². The molecule has 0 saturated heterocycles. The second-order valence-electron chi connectivity index (χ2n) is 6.87. The van der Waals surface area contributed by atoms with Gasteiger partial charge in [-0.3, -0.25) is 0 Å². The Morgan fingerprint density at radius 3 is 1.93 bits per heavy atom. The second kappa shape index (κ2) is 9.52. The van der Waals surface area contributed by atoms with E-state index in [0.717, 1.165) is 11.3 Å². The van der Waals surface area contributed by atoms with E-state index in [4.69, 9.17) is 5.73 Å². The van der Waals surface area contributed by atoms with E-state index in [1.807, 2.05) is 36.4 Å². The van der Waals surface area contributed by atoms with Gasteiger partial charge in [0.2, 0.25) is 5.69 Å². The number of hydrogen-bond donors (Lipinski definition) is 1. The van der Waals surface area contributed by atoms with Crippen molar-refractivity contribution in [1.82, 2.24) is 0 Å². The Labute approximate surface area is 189 Å². The minimum Gasteiger partial charge on any atom is -1.00 e. The molecule has 2 N–H and O–H groups in total. The summed E-state index contributed by atoms with van der Waals surface area (Å²) in [6.07, 6.45) is 6.52. The number of hydrogen-bond acceptors (Lipinski definition) is 1. The SMILES string of the molecule is C[n+]1cc(-c2ccccc2)c(/C=C/c2ccc(N)cc2)cc1-c1ccccc1.[I-]. The third kappa shape index (κ3) is 4.93. The first-order chi connectivity index (χ1) is 13.7. The van der Waals surface area contributed by atoms with Crippen molar-refractivity contribution in [3.05, 3.63) is 108 Å². The molecular formula is C26H23IN2. The molecule has 2 nitrogen and oxygen atoms in total. The van der Waals surface area contributed by atoms with Crippen LogP contribution in [0.15, 0.2) is 97.2 Å². The number of benzene rings is 3. The maximum atomic E-state index is 5.81. The van der Waals surface area contributed by atoms with Gasteiger partial charge in [-0.1, -0.05) is 72.8 Å². The highest BCUT2D eigenvalue weighted by Gasteiger charge is 2.15. The molecule has 1 heterocycles. The Balaban J connectivity index is 0.00000240. The number of aromatic nitrogens is 1. The molecule has 0 saturated carbocycles. The molecule has 4 rings (SSSR count). The molecule has 0 aliphatic carbocycles. The van der Waals surface area contributed by atoms with Gasteiger partial charge >= 0.3 is 0 Å². The summed E-state index contributed by atoms with van der Waals surface area (Å²) in [5.41, 5.74) is 13.7. The van der Waals surface area contributed by atoms with E-state index in [9.17, 15) is 0 Å². The average Bonchev–Trinajstić information content (AvgIpc) is 2.75. The van der Waals surface area contributed by atoms with Gasteiger partial charge < -0.3 is 29.7 Å². The molecule has 0 radical (unpaired) electrons. The summed E-state index contributed by atoms with van der Waals surface area (Å²) in [6.45, 7) is 0. The number of nitrogens with two attached hydrogens (primary N) is 1. The van der Waals surface area contributed by atoms with Gasteiger partial charge in [-0.2, -0.15) is 0 Å². The van der Waals surface area contributed by atoms with Crippen LogP contribution in [0.5, 0.6) is 0 Å². The fourth-order valence-electron chi connectivity index (χ4n) is 3.35. The van der Waals surface area contributed by atoms with Crippen LogP contribution in [-0.2, 0) is 7.05 Å².